The third kappa shape index (κ3) is 8.03. The second-order valence-electron chi connectivity index (χ2n) is 10.8. The zero-order chi connectivity index (χ0) is 30.3. The lowest BCUT2D eigenvalue weighted by atomic mass is 10.0. The Kier molecular flexibility index (Phi) is 10.1. The van der Waals surface area contributed by atoms with Crippen molar-refractivity contribution in [3.05, 3.63) is 89.5 Å². The molecule has 1 aliphatic rings. The van der Waals surface area contributed by atoms with Gasteiger partial charge in [-0.3, -0.25) is 13.9 Å². The van der Waals surface area contributed by atoms with E-state index in [1.54, 1.807) is 23.1 Å². The molecule has 0 saturated heterocycles. The van der Waals surface area contributed by atoms with E-state index in [0.717, 1.165) is 22.9 Å². The minimum atomic E-state index is -3.64. The second kappa shape index (κ2) is 13.7. The summed E-state index contributed by atoms with van der Waals surface area (Å²) in [5.74, 6) is 0.575. The average Bonchev–Trinajstić information content (AvgIpc) is 3.41. The van der Waals surface area contributed by atoms with Crippen molar-refractivity contribution in [1.29, 1.82) is 0 Å². The van der Waals surface area contributed by atoms with Gasteiger partial charge in [0.25, 0.3) is 0 Å². The van der Waals surface area contributed by atoms with Crippen LogP contribution in [-0.4, -0.2) is 56.8 Å². The van der Waals surface area contributed by atoms with Gasteiger partial charge in [0.1, 0.15) is 6.04 Å². The second-order valence-corrected chi connectivity index (χ2v) is 12.7. The number of aryl methyl sites for hydroxylation is 1. The van der Waals surface area contributed by atoms with Gasteiger partial charge in [-0.15, -0.1) is 0 Å². The molecule has 1 atom stereocenters. The van der Waals surface area contributed by atoms with Gasteiger partial charge in [0.05, 0.1) is 11.9 Å². The van der Waals surface area contributed by atoms with E-state index in [1.807, 2.05) is 75.4 Å². The highest BCUT2D eigenvalue weighted by Gasteiger charge is 2.31. The fourth-order valence-corrected chi connectivity index (χ4v) is 5.91. The molecule has 0 aliphatic carbocycles. The van der Waals surface area contributed by atoms with Crippen LogP contribution in [0, 0.1) is 6.92 Å². The number of hydrogen-bond donors (Lipinski definition) is 1. The SMILES string of the molecule is Cc1ccccc1CN(C(=O)CCCN(c1ccc2c(c1)OCO2)S(C)(=O)=O)[C@H](Cc1ccccc1)C(=O)NC(C)C. The number of carbonyl (C=O) groups excluding carboxylic acids is 2. The molecule has 0 spiro atoms. The van der Waals surface area contributed by atoms with Crippen LogP contribution < -0.4 is 19.1 Å². The van der Waals surface area contributed by atoms with Gasteiger partial charge in [-0.2, -0.15) is 0 Å². The van der Waals surface area contributed by atoms with Crippen molar-refractivity contribution in [3.63, 3.8) is 0 Å². The molecule has 42 heavy (non-hydrogen) atoms. The summed E-state index contributed by atoms with van der Waals surface area (Å²) in [4.78, 5) is 29.1. The summed E-state index contributed by atoms with van der Waals surface area (Å²) in [7, 11) is -3.64. The molecule has 1 heterocycles. The number of carbonyl (C=O) groups is 2. The Morgan fingerprint density at radius 3 is 2.33 bits per heavy atom. The average molecular weight is 594 g/mol. The smallest absolute Gasteiger partial charge is 0.243 e. The van der Waals surface area contributed by atoms with Crippen molar-refractivity contribution < 1.29 is 27.5 Å². The van der Waals surface area contributed by atoms with Gasteiger partial charge in [0, 0.05) is 38.0 Å². The normalized spacial score (nSPS) is 13.1. The van der Waals surface area contributed by atoms with Gasteiger partial charge >= 0.3 is 0 Å². The zero-order valence-electron chi connectivity index (χ0n) is 24.6. The summed E-state index contributed by atoms with van der Waals surface area (Å²) in [6.45, 7) is 6.18. The molecule has 1 N–H and O–H groups in total. The number of sulfonamides is 1. The van der Waals surface area contributed by atoms with E-state index in [-0.39, 0.29) is 50.6 Å². The van der Waals surface area contributed by atoms with E-state index >= 15 is 0 Å². The Morgan fingerprint density at radius 1 is 0.952 bits per heavy atom. The van der Waals surface area contributed by atoms with Gasteiger partial charge < -0.3 is 19.7 Å². The molecule has 10 heteroatoms. The zero-order valence-corrected chi connectivity index (χ0v) is 25.4. The van der Waals surface area contributed by atoms with Gasteiger partial charge in [-0.05, 0) is 56.0 Å². The molecule has 0 fully saturated rings. The molecule has 2 amide bonds. The molecule has 4 rings (SSSR count). The summed E-state index contributed by atoms with van der Waals surface area (Å²) in [6, 6.07) is 21.5. The lowest BCUT2D eigenvalue weighted by Gasteiger charge is -2.33. The number of anilines is 1. The maximum absolute atomic E-state index is 13.9. The van der Waals surface area contributed by atoms with E-state index in [9.17, 15) is 18.0 Å². The number of benzene rings is 3. The molecule has 1 aliphatic heterocycles. The summed E-state index contributed by atoms with van der Waals surface area (Å²) in [6.07, 6.45) is 1.80. The molecule has 0 radical (unpaired) electrons. The lowest BCUT2D eigenvalue weighted by molar-refractivity contribution is -0.141. The minimum absolute atomic E-state index is 0.0582. The third-order valence-corrected chi connectivity index (χ3v) is 8.29. The van der Waals surface area contributed by atoms with Crippen molar-refractivity contribution in [2.45, 2.75) is 58.7 Å². The van der Waals surface area contributed by atoms with Crippen LogP contribution in [0.3, 0.4) is 0 Å². The molecule has 3 aromatic rings. The first-order valence-corrected chi connectivity index (χ1v) is 15.9. The lowest BCUT2D eigenvalue weighted by Crippen LogP contribution is -2.52. The van der Waals surface area contributed by atoms with Gasteiger partial charge in [0.2, 0.25) is 28.6 Å². The number of nitrogens with zero attached hydrogens (tertiary/aromatic N) is 2. The molecule has 0 unspecified atom stereocenters. The maximum atomic E-state index is 13.9. The number of ether oxygens (including phenoxy) is 2. The molecule has 0 bridgehead atoms. The van der Waals surface area contributed by atoms with E-state index in [1.165, 1.54) is 4.31 Å². The van der Waals surface area contributed by atoms with Crippen LogP contribution in [0.5, 0.6) is 11.5 Å². The predicted molar refractivity (Wildman–Crippen MR) is 163 cm³/mol. The first-order chi connectivity index (χ1) is 20.0. The minimum Gasteiger partial charge on any atom is -0.454 e. The summed E-state index contributed by atoms with van der Waals surface area (Å²) in [5, 5.41) is 2.99. The quantitative estimate of drug-likeness (QED) is 0.314. The molecule has 224 valence electrons. The topological polar surface area (TPSA) is 105 Å². The van der Waals surface area contributed by atoms with Crippen molar-refractivity contribution in [1.82, 2.24) is 10.2 Å². The number of hydrogen-bond acceptors (Lipinski definition) is 6. The summed E-state index contributed by atoms with van der Waals surface area (Å²) < 4.78 is 37.5. The van der Waals surface area contributed by atoms with Crippen molar-refractivity contribution >= 4 is 27.5 Å². The highest BCUT2D eigenvalue weighted by Crippen LogP contribution is 2.36. The molecule has 0 saturated carbocycles. The number of nitrogens with one attached hydrogen (secondary N) is 1. The van der Waals surface area contributed by atoms with Crippen LogP contribution in [0.1, 0.15) is 43.4 Å². The van der Waals surface area contributed by atoms with E-state index < -0.39 is 16.1 Å². The standard InChI is InChI=1S/C32H39N3O6S/c1-23(2)33-32(37)28(19-25-12-6-5-7-13-25)34(21-26-14-9-8-11-24(26)3)31(36)15-10-18-35(42(4,38)39)27-16-17-29-30(20-27)41-22-40-29/h5-9,11-14,16-17,20,23,28H,10,15,18-19,21-22H2,1-4H3,(H,33,37)/t28-/m1/s1. The Labute approximate surface area is 248 Å². The van der Waals surface area contributed by atoms with Crippen molar-refractivity contribution in [3.8, 4) is 11.5 Å². The van der Waals surface area contributed by atoms with E-state index in [4.69, 9.17) is 9.47 Å². The molecule has 3 aromatic carbocycles. The predicted octanol–water partition coefficient (Wildman–Crippen LogP) is 4.43. The van der Waals surface area contributed by atoms with E-state index in [0.29, 0.717) is 23.6 Å². The molecular weight excluding hydrogens is 554 g/mol. The first kappa shape index (κ1) is 30.9. The highest BCUT2D eigenvalue weighted by molar-refractivity contribution is 7.92. The van der Waals surface area contributed by atoms with E-state index in [2.05, 4.69) is 5.32 Å². The van der Waals surface area contributed by atoms with Crippen LogP contribution in [-0.2, 0) is 32.6 Å². The number of fused-ring (bicyclic) bond motifs is 1. The van der Waals surface area contributed by atoms with Crippen LogP contribution >= 0.6 is 0 Å². The third-order valence-electron chi connectivity index (χ3n) is 7.10. The number of rotatable bonds is 13. The van der Waals surface area contributed by atoms with Crippen LogP contribution in [0.25, 0.3) is 0 Å². The maximum Gasteiger partial charge on any atom is 0.243 e. The summed E-state index contributed by atoms with van der Waals surface area (Å²) in [5.41, 5.74) is 3.34. The first-order valence-electron chi connectivity index (χ1n) is 14.1. The van der Waals surface area contributed by atoms with Crippen LogP contribution in [0.4, 0.5) is 5.69 Å². The van der Waals surface area contributed by atoms with Crippen molar-refractivity contribution in [2.24, 2.45) is 0 Å². The monoisotopic (exact) mass is 593 g/mol. The van der Waals surface area contributed by atoms with Crippen LogP contribution in [0.15, 0.2) is 72.8 Å². The number of amides is 2. The Hall–Kier alpha value is -4.05. The Morgan fingerprint density at radius 2 is 1.64 bits per heavy atom. The fourth-order valence-electron chi connectivity index (χ4n) is 4.95. The Bertz CT molecular complexity index is 1490. The fraction of sp³-hybridized carbons (Fsp3) is 0.375. The highest BCUT2D eigenvalue weighted by atomic mass is 32.2. The van der Waals surface area contributed by atoms with Gasteiger partial charge in [-0.25, -0.2) is 8.42 Å². The van der Waals surface area contributed by atoms with Gasteiger partial charge in [0.15, 0.2) is 11.5 Å². The van der Waals surface area contributed by atoms with Crippen LogP contribution in [0.2, 0.25) is 0 Å². The molecule has 0 aromatic heterocycles. The Balaban J connectivity index is 1.58. The molecular formula is C32H39N3O6S. The summed E-state index contributed by atoms with van der Waals surface area (Å²) >= 11 is 0. The molecule has 9 nitrogen and oxygen atoms in total. The largest absolute Gasteiger partial charge is 0.454 e. The van der Waals surface area contributed by atoms with Crippen molar-refractivity contribution in [2.75, 3.05) is 23.9 Å². The van der Waals surface area contributed by atoms with Gasteiger partial charge in [-0.1, -0.05) is 54.6 Å².